The number of hydrogen-bond acceptors (Lipinski definition) is 7. The van der Waals surface area contributed by atoms with Crippen molar-refractivity contribution in [2.45, 2.75) is 69.0 Å². The van der Waals surface area contributed by atoms with E-state index in [-0.39, 0.29) is 17.9 Å². The second-order valence-corrected chi connectivity index (χ2v) is 15.6. The summed E-state index contributed by atoms with van der Waals surface area (Å²) in [5.41, 5.74) is 6.01. The lowest BCUT2D eigenvalue weighted by molar-refractivity contribution is -0.130. The Morgan fingerprint density at radius 2 is 1.87 bits per heavy atom. The van der Waals surface area contributed by atoms with E-state index in [4.69, 9.17) is 37.7 Å². The Bertz CT molecular complexity index is 1890. The van der Waals surface area contributed by atoms with Crippen LogP contribution in [-0.2, 0) is 34.5 Å². The topological polar surface area (TPSA) is 96.0 Å². The first-order chi connectivity index (χ1) is 25.7. The van der Waals surface area contributed by atoms with E-state index < -0.39 is 10.8 Å². The molecule has 7 rings (SSSR count). The van der Waals surface area contributed by atoms with Crippen molar-refractivity contribution in [3.63, 3.8) is 0 Å². The minimum absolute atomic E-state index is 0.103. The number of allylic oxidation sites excluding steroid dienone is 4. The number of halogens is 2. The van der Waals surface area contributed by atoms with Gasteiger partial charge in [-0.15, -0.1) is 11.6 Å². The van der Waals surface area contributed by atoms with Crippen LogP contribution in [0.25, 0.3) is 5.57 Å². The van der Waals surface area contributed by atoms with E-state index in [1.165, 1.54) is 11.1 Å². The number of alkyl halides is 1. The summed E-state index contributed by atoms with van der Waals surface area (Å²) in [4.78, 5) is 33.3. The summed E-state index contributed by atoms with van der Waals surface area (Å²) in [6, 6.07) is 16.5. The van der Waals surface area contributed by atoms with Crippen molar-refractivity contribution in [3.8, 4) is 11.6 Å². The lowest BCUT2D eigenvalue weighted by Gasteiger charge is -2.41. The van der Waals surface area contributed by atoms with Crippen LogP contribution in [0.4, 0.5) is 0 Å². The number of pyridine rings is 1. The molecule has 4 aliphatic rings. The second-order valence-electron chi connectivity index (χ2n) is 14.7. The fraction of sp³-hybridized carbons (Fsp3) is 0.452. The first-order valence-corrected chi connectivity index (χ1v) is 19.5. The van der Waals surface area contributed by atoms with Gasteiger partial charge in [-0.3, -0.25) is 14.5 Å². The molecule has 2 unspecified atom stereocenters. The number of ether oxygens (including phenoxy) is 2. The van der Waals surface area contributed by atoms with Crippen molar-refractivity contribution in [2.24, 2.45) is 5.92 Å². The third-order valence-electron chi connectivity index (χ3n) is 11.5. The van der Waals surface area contributed by atoms with E-state index in [0.29, 0.717) is 36.3 Å². The number of carbonyl (C=O) groups is 2. The summed E-state index contributed by atoms with van der Waals surface area (Å²) in [5, 5.41) is 6.56. The average Bonchev–Trinajstić information content (AvgIpc) is 3.59. The minimum Gasteiger partial charge on any atom is -0.496 e. The van der Waals surface area contributed by atoms with Crippen LogP contribution in [-0.4, -0.2) is 85.0 Å². The van der Waals surface area contributed by atoms with Crippen LogP contribution >= 0.6 is 23.2 Å². The SMILES string of the molecule is COc1cc(C2(c3ccc(CNC[C@H]4CCC(=O)N4)c(OC)n3)C=CC=C(c3ccccc3Cl)C2Cl)cc2c1CN(CC1CCN(C(C)=O)CC1)CC2. The van der Waals surface area contributed by atoms with Crippen molar-refractivity contribution in [2.75, 3.05) is 46.9 Å². The summed E-state index contributed by atoms with van der Waals surface area (Å²) in [6.45, 7) is 7.33. The molecule has 0 spiro atoms. The zero-order valence-corrected chi connectivity index (χ0v) is 32.3. The highest BCUT2D eigenvalue weighted by Gasteiger charge is 2.45. The van der Waals surface area contributed by atoms with Crippen LogP contribution in [0.2, 0.25) is 5.02 Å². The maximum Gasteiger partial charge on any atom is 0.220 e. The summed E-state index contributed by atoms with van der Waals surface area (Å²) in [7, 11) is 3.39. The first-order valence-electron chi connectivity index (χ1n) is 18.7. The van der Waals surface area contributed by atoms with E-state index in [1.54, 1.807) is 21.1 Å². The van der Waals surface area contributed by atoms with Crippen LogP contribution < -0.4 is 20.1 Å². The van der Waals surface area contributed by atoms with E-state index in [1.807, 2.05) is 35.2 Å². The Labute approximate surface area is 322 Å². The van der Waals surface area contributed by atoms with Crippen molar-refractivity contribution in [3.05, 3.63) is 105 Å². The monoisotopic (exact) mass is 757 g/mol. The number of piperidine rings is 1. The Morgan fingerprint density at radius 3 is 2.58 bits per heavy atom. The molecular formula is C42H49Cl2N5O4. The minimum atomic E-state index is -0.887. The summed E-state index contributed by atoms with van der Waals surface area (Å²) in [5.74, 6) is 2.20. The highest BCUT2D eigenvalue weighted by atomic mass is 35.5. The van der Waals surface area contributed by atoms with E-state index in [9.17, 15) is 9.59 Å². The molecule has 2 fully saturated rings. The smallest absolute Gasteiger partial charge is 0.220 e. The van der Waals surface area contributed by atoms with Crippen LogP contribution in [0.3, 0.4) is 0 Å². The number of amides is 2. The van der Waals surface area contributed by atoms with Gasteiger partial charge in [0.25, 0.3) is 0 Å². The number of fused-ring (bicyclic) bond motifs is 1. The van der Waals surface area contributed by atoms with Crippen LogP contribution in [0, 0.1) is 5.92 Å². The molecule has 2 N–H and O–H groups in total. The highest BCUT2D eigenvalue weighted by molar-refractivity contribution is 6.34. The number of carbonyl (C=O) groups excluding carboxylic acids is 2. The van der Waals surface area contributed by atoms with Gasteiger partial charge in [0.2, 0.25) is 17.7 Å². The zero-order valence-electron chi connectivity index (χ0n) is 30.8. The number of rotatable bonds is 11. The average molecular weight is 759 g/mol. The molecule has 2 aromatic carbocycles. The van der Waals surface area contributed by atoms with Crippen LogP contribution in [0.5, 0.6) is 11.6 Å². The van der Waals surface area contributed by atoms with Gasteiger partial charge in [0.05, 0.1) is 30.7 Å². The van der Waals surface area contributed by atoms with Gasteiger partial charge in [0, 0.05) is 81.3 Å². The normalized spacial score (nSPS) is 23.4. The van der Waals surface area contributed by atoms with Gasteiger partial charge in [0.15, 0.2) is 0 Å². The number of hydrogen-bond donors (Lipinski definition) is 2. The quantitative estimate of drug-likeness (QED) is 0.222. The Kier molecular flexibility index (Phi) is 11.5. The van der Waals surface area contributed by atoms with Crippen molar-refractivity contribution in [1.82, 2.24) is 25.4 Å². The molecule has 1 aliphatic carbocycles. The number of nitrogens with zero attached hydrogens (tertiary/aromatic N) is 3. The van der Waals surface area contributed by atoms with Gasteiger partial charge in [-0.25, -0.2) is 4.98 Å². The van der Waals surface area contributed by atoms with Crippen molar-refractivity contribution >= 4 is 40.6 Å². The molecule has 280 valence electrons. The van der Waals surface area contributed by atoms with E-state index in [2.05, 4.69) is 52.0 Å². The van der Waals surface area contributed by atoms with Gasteiger partial charge in [-0.2, -0.15) is 0 Å². The number of likely N-dealkylation sites (tertiary alicyclic amines) is 1. The summed E-state index contributed by atoms with van der Waals surface area (Å²) >= 11 is 14.5. The van der Waals surface area contributed by atoms with Crippen molar-refractivity contribution < 1.29 is 19.1 Å². The standard InChI is InChI=1S/C42H49Cl2N5O4/c1-27(50)49-19-14-28(15-20-49)25-48-18-16-29-21-31(22-37(52-2)35(29)26-48)42(17-6-8-34(40(42)44)33-7-4-5-9-36(33)43)38-12-10-30(41(47-38)53-3)23-45-24-32-11-13-39(51)46-32/h4-10,12,17,21-22,28,32,40,45H,11,13-16,18-20,23-26H2,1-3H3,(H,46,51)/t32-,40?,42?/m1/s1. The van der Waals surface area contributed by atoms with E-state index in [0.717, 1.165) is 92.1 Å². The third-order valence-corrected chi connectivity index (χ3v) is 12.4. The van der Waals surface area contributed by atoms with Crippen LogP contribution in [0.1, 0.15) is 66.1 Å². The molecule has 4 heterocycles. The Hall–Kier alpha value is -3.89. The fourth-order valence-electron chi connectivity index (χ4n) is 8.53. The third kappa shape index (κ3) is 7.72. The number of benzene rings is 2. The highest BCUT2D eigenvalue weighted by Crippen LogP contribution is 2.50. The molecule has 0 bridgehead atoms. The lowest BCUT2D eigenvalue weighted by Crippen LogP contribution is -2.42. The molecule has 2 amide bonds. The maximum absolute atomic E-state index is 11.9. The fourth-order valence-corrected chi connectivity index (χ4v) is 9.27. The number of nitrogens with one attached hydrogen (secondary N) is 2. The first kappa shape index (κ1) is 37.4. The number of aromatic nitrogens is 1. The lowest BCUT2D eigenvalue weighted by atomic mass is 9.68. The Balaban J connectivity index is 1.22. The molecule has 9 nitrogen and oxygen atoms in total. The number of methoxy groups -OCH3 is 2. The molecule has 0 saturated carbocycles. The van der Waals surface area contributed by atoms with E-state index >= 15 is 0 Å². The molecular weight excluding hydrogens is 709 g/mol. The van der Waals surface area contributed by atoms with Gasteiger partial charge in [0.1, 0.15) is 5.75 Å². The zero-order chi connectivity index (χ0) is 37.1. The summed E-state index contributed by atoms with van der Waals surface area (Å²) in [6.07, 6.45) is 10.6. The van der Waals surface area contributed by atoms with Gasteiger partial charge >= 0.3 is 0 Å². The molecule has 1 aromatic heterocycles. The largest absolute Gasteiger partial charge is 0.496 e. The molecule has 2 saturated heterocycles. The predicted molar refractivity (Wildman–Crippen MR) is 210 cm³/mol. The van der Waals surface area contributed by atoms with Gasteiger partial charge in [-0.1, -0.05) is 60.2 Å². The maximum atomic E-state index is 11.9. The molecule has 53 heavy (non-hydrogen) atoms. The molecule has 3 aliphatic heterocycles. The Morgan fingerprint density at radius 1 is 1.06 bits per heavy atom. The second kappa shape index (κ2) is 16.2. The van der Waals surface area contributed by atoms with Gasteiger partial charge < -0.3 is 25.0 Å². The molecule has 0 radical (unpaired) electrons. The van der Waals surface area contributed by atoms with Gasteiger partial charge in [-0.05, 0) is 72.1 Å². The molecule has 3 aromatic rings. The molecule has 3 atom stereocenters. The molecule has 11 heteroatoms. The van der Waals surface area contributed by atoms with Crippen molar-refractivity contribution in [1.29, 1.82) is 0 Å². The summed E-state index contributed by atoms with van der Waals surface area (Å²) < 4.78 is 12.1. The predicted octanol–water partition coefficient (Wildman–Crippen LogP) is 6.28. The van der Waals surface area contributed by atoms with Crippen LogP contribution in [0.15, 0.2) is 66.8 Å².